The second kappa shape index (κ2) is 6.50. The Balaban J connectivity index is 1.21. The molecule has 0 aliphatic carbocycles. The van der Waals surface area contributed by atoms with E-state index < -0.39 is 0 Å². The number of nitrogens with zero attached hydrogens (tertiary/aromatic N) is 3. The normalized spacial score (nSPS) is 29.5. The SMILES string of the molecule is O=C(NC[C@H]1[C@H]2CN(c3ncnc4[nH]ccc34)C[C@]23CC[C@H]1O3)c1ccc(F)cc1. The highest BCUT2D eigenvalue weighted by atomic mass is 19.1. The van der Waals surface area contributed by atoms with E-state index in [1.54, 1.807) is 6.33 Å². The van der Waals surface area contributed by atoms with Gasteiger partial charge in [-0.1, -0.05) is 0 Å². The molecule has 0 radical (unpaired) electrons. The number of benzene rings is 1. The van der Waals surface area contributed by atoms with Gasteiger partial charge in [-0.15, -0.1) is 0 Å². The minimum absolute atomic E-state index is 0.163. The van der Waals surface area contributed by atoms with Gasteiger partial charge in [0.25, 0.3) is 5.91 Å². The highest BCUT2D eigenvalue weighted by Gasteiger charge is 2.63. The van der Waals surface area contributed by atoms with Gasteiger partial charge in [0, 0.05) is 43.2 Å². The summed E-state index contributed by atoms with van der Waals surface area (Å²) in [7, 11) is 0. The Morgan fingerprint density at radius 3 is 3.03 bits per heavy atom. The van der Waals surface area contributed by atoms with Crippen LogP contribution in [0.25, 0.3) is 11.0 Å². The number of aromatic nitrogens is 3. The van der Waals surface area contributed by atoms with Crippen LogP contribution in [0, 0.1) is 17.7 Å². The Bertz CT molecular complexity index is 1120. The van der Waals surface area contributed by atoms with Gasteiger partial charge in [-0.05, 0) is 43.2 Å². The van der Waals surface area contributed by atoms with Crippen molar-refractivity contribution < 1.29 is 13.9 Å². The van der Waals surface area contributed by atoms with E-state index >= 15 is 0 Å². The summed E-state index contributed by atoms with van der Waals surface area (Å²) >= 11 is 0. The number of amides is 1. The average molecular weight is 407 g/mol. The second-order valence-electron chi connectivity index (χ2n) is 8.56. The first-order valence-electron chi connectivity index (χ1n) is 10.4. The van der Waals surface area contributed by atoms with Gasteiger partial charge in [-0.25, -0.2) is 14.4 Å². The van der Waals surface area contributed by atoms with Crippen LogP contribution < -0.4 is 10.2 Å². The third kappa shape index (κ3) is 2.63. The first-order valence-corrected chi connectivity index (χ1v) is 10.4. The summed E-state index contributed by atoms with van der Waals surface area (Å²) in [6.07, 6.45) is 5.73. The molecule has 3 fully saturated rings. The van der Waals surface area contributed by atoms with Gasteiger partial charge in [0.1, 0.15) is 23.6 Å². The lowest BCUT2D eigenvalue weighted by atomic mass is 9.73. The highest BCUT2D eigenvalue weighted by Crippen LogP contribution is 2.55. The van der Waals surface area contributed by atoms with Gasteiger partial charge in [-0.3, -0.25) is 4.79 Å². The Morgan fingerprint density at radius 1 is 1.30 bits per heavy atom. The van der Waals surface area contributed by atoms with E-state index in [0.29, 0.717) is 18.0 Å². The standard InChI is InChI=1S/C22H22FN5O2/c23-14-3-1-13(2-4-14)21(29)25-9-16-17-10-28(11-22(17)7-5-18(16)30-22)20-15-6-8-24-19(15)26-12-27-20/h1-4,6,8,12,16-18H,5,7,9-11H2,(H,25,29)(H,24,26,27)/t16-,17+,18+,22+/m0/s1. The molecule has 3 aromatic rings. The number of rotatable bonds is 4. The predicted molar refractivity (Wildman–Crippen MR) is 109 cm³/mol. The van der Waals surface area contributed by atoms with Crippen molar-refractivity contribution in [3.05, 3.63) is 54.2 Å². The molecule has 2 aromatic heterocycles. The number of hydrogen-bond donors (Lipinski definition) is 2. The van der Waals surface area contributed by atoms with Crippen molar-refractivity contribution in [1.82, 2.24) is 20.3 Å². The van der Waals surface area contributed by atoms with Crippen molar-refractivity contribution in [2.75, 3.05) is 24.5 Å². The maximum Gasteiger partial charge on any atom is 0.251 e. The number of aromatic amines is 1. The summed E-state index contributed by atoms with van der Waals surface area (Å²) in [6, 6.07) is 7.65. The van der Waals surface area contributed by atoms with Crippen LogP contribution in [0.5, 0.6) is 0 Å². The quantitative estimate of drug-likeness (QED) is 0.694. The number of halogens is 1. The number of ether oxygens (including phenoxy) is 1. The molecule has 154 valence electrons. The van der Waals surface area contributed by atoms with E-state index in [2.05, 4.69) is 25.2 Å². The zero-order chi connectivity index (χ0) is 20.3. The van der Waals surface area contributed by atoms with Crippen LogP contribution in [0.4, 0.5) is 10.2 Å². The molecule has 1 spiro atoms. The van der Waals surface area contributed by atoms with Crippen LogP contribution in [-0.4, -0.2) is 52.2 Å². The molecule has 30 heavy (non-hydrogen) atoms. The first-order chi connectivity index (χ1) is 14.6. The molecule has 1 aromatic carbocycles. The number of anilines is 1. The summed E-state index contributed by atoms with van der Waals surface area (Å²) in [5.41, 5.74) is 1.14. The fourth-order valence-electron chi connectivity index (χ4n) is 5.65. The Labute approximate surface area is 172 Å². The van der Waals surface area contributed by atoms with Crippen molar-refractivity contribution >= 4 is 22.8 Å². The van der Waals surface area contributed by atoms with E-state index in [4.69, 9.17) is 4.74 Å². The lowest BCUT2D eigenvalue weighted by molar-refractivity contribution is 0.0141. The lowest BCUT2D eigenvalue weighted by Gasteiger charge is -2.29. The fraction of sp³-hybridized carbons (Fsp3) is 0.409. The summed E-state index contributed by atoms with van der Waals surface area (Å²) in [4.78, 5) is 26.8. The van der Waals surface area contributed by atoms with Gasteiger partial charge in [0.15, 0.2) is 0 Å². The van der Waals surface area contributed by atoms with Crippen LogP contribution in [0.15, 0.2) is 42.9 Å². The van der Waals surface area contributed by atoms with E-state index in [0.717, 1.165) is 42.8 Å². The van der Waals surface area contributed by atoms with Gasteiger partial charge in [-0.2, -0.15) is 0 Å². The molecular weight excluding hydrogens is 385 g/mol. The van der Waals surface area contributed by atoms with Gasteiger partial charge < -0.3 is 19.9 Å². The fourth-order valence-corrected chi connectivity index (χ4v) is 5.65. The van der Waals surface area contributed by atoms with Crippen LogP contribution >= 0.6 is 0 Å². The van der Waals surface area contributed by atoms with Crippen molar-refractivity contribution in [1.29, 1.82) is 0 Å². The zero-order valence-electron chi connectivity index (χ0n) is 16.3. The van der Waals surface area contributed by atoms with E-state index in [1.807, 2.05) is 12.3 Å². The summed E-state index contributed by atoms with van der Waals surface area (Å²) < 4.78 is 19.6. The molecule has 4 atom stereocenters. The number of H-pyrrole nitrogens is 1. The molecule has 6 rings (SSSR count). The summed E-state index contributed by atoms with van der Waals surface area (Å²) in [5.74, 6) is 1.02. The molecular formula is C22H22FN5O2. The highest BCUT2D eigenvalue weighted by molar-refractivity contribution is 5.94. The second-order valence-corrected chi connectivity index (χ2v) is 8.56. The van der Waals surface area contributed by atoms with Crippen LogP contribution in [0.3, 0.4) is 0 Å². The van der Waals surface area contributed by atoms with Crippen molar-refractivity contribution in [3.8, 4) is 0 Å². The molecule has 2 N–H and O–H groups in total. The Hall–Kier alpha value is -3.00. The molecule has 1 amide bonds. The summed E-state index contributed by atoms with van der Waals surface area (Å²) in [5, 5.41) is 4.06. The Kier molecular flexibility index (Phi) is 3.86. The number of carbonyl (C=O) groups is 1. The molecule has 5 heterocycles. The van der Waals surface area contributed by atoms with Crippen LogP contribution in [0.2, 0.25) is 0 Å². The average Bonchev–Trinajstić information content (AvgIpc) is 3.51. The number of nitrogens with one attached hydrogen (secondary N) is 2. The maximum atomic E-state index is 13.1. The molecule has 0 saturated carbocycles. The smallest absolute Gasteiger partial charge is 0.251 e. The molecule has 2 bridgehead atoms. The van der Waals surface area contributed by atoms with E-state index in [-0.39, 0.29) is 29.3 Å². The van der Waals surface area contributed by atoms with E-state index in [9.17, 15) is 9.18 Å². The molecule has 3 saturated heterocycles. The Morgan fingerprint density at radius 2 is 2.17 bits per heavy atom. The number of fused-ring (bicyclic) bond motifs is 2. The third-order valence-electron chi connectivity index (χ3n) is 7.02. The van der Waals surface area contributed by atoms with Crippen LogP contribution in [-0.2, 0) is 4.74 Å². The number of carbonyl (C=O) groups excluding carboxylic acids is 1. The zero-order valence-corrected chi connectivity index (χ0v) is 16.3. The molecule has 8 heteroatoms. The van der Waals surface area contributed by atoms with Crippen molar-refractivity contribution in [3.63, 3.8) is 0 Å². The molecule has 3 aliphatic heterocycles. The maximum absolute atomic E-state index is 13.1. The molecule has 0 unspecified atom stereocenters. The lowest BCUT2D eigenvalue weighted by Crippen LogP contribution is -2.41. The third-order valence-corrected chi connectivity index (χ3v) is 7.02. The van der Waals surface area contributed by atoms with Gasteiger partial charge in [0.2, 0.25) is 0 Å². The topological polar surface area (TPSA) is 83.1 Å². The number of hydrogen-bond acceptors (Lipinski definition) is 5. The van der Waals surface area contributed by atoms with Gasteiger partial charge >= 0.3 is 0 Å². The van der Waals surface area contributed by atoms with Crippen LogP contribution in [0.1, 0.15) is 23.2 Å². The predicted octanol–water partition coefficient (Wildman–Crippen LogP) is 2.51. The minimum Gasteiger partial charge on any atom is -0.369 e. The largest absolute Gasteiger partial charge is 0.369 e. The first kappa shape index (κ1) is 17.8. The monoisotopic (exact) mass is 407 g/mol. The molecule has 3 aliphatic rings. The summed E-state index contributed by atoms with van der Waals surface area (Å²) in [6.45, 7) is 2.23. The van der Waals surface area contributed by atoms with E-state index in [1.165, 1.54) is 24.3 Å². The van der Waals surface area contributed by atoms with Crippen molar-refractivity contribution in [2.45, 2.75) is 24.5 Å². The minimum atomic E-state index is -0.345. The van der Waals surface area contributed by atoms with Crippen molar-refractivity contribution in [2.24, 2.45) is 11.8 Å². The van der Waals surface area contributed by atoms with Gasteiger partial charge in [0.05, 0.1) is 17.1 Å². The molecule has 7 nitrogen and oxygen atoms in total.